The third kappa shape index (κ3) is 4.48. The Hall–Kier alpha value is -3.05. The molecule has 7 nitrogen and oxygen atoms in total. The van der Waals surface area contributed by atoms with E-state index in [1.807, 2.05) is 0 Å². The van der Waals surface area contributed by atoms with Gasteiger partial charge in [0.2, 0.25) is 11.5 Å². The topological polar surface area (TPSA) is 94.1 Å². The lowest BCUT2D eigenvalue weighted by molar-refractivity contribution is -0.287. The number of thiophene rings is 1. The molecule has 0 saturated heterocycles. The predicted molar refractivity (Wildman–Crippen MR) is 130 cm³/mol. The molecular weight excluding hydrogens is 511 g/mol. The number of halogens is 3. The number of hydrogen-bond acceptors (Lipinski definition) is 8. The molecule has 3 unspecified atom stereocenters. The first-order chi connectivity index (χ1) is 17.3. The Labute approximate surface area is 216 Å². The Kier molecular flexibility index (Phi) is 6.83. The molecule has 1 aromatic carbocycles. The second kappa shape index (κ2) is 9.36. The summed E-state index contributed by atoms with van der Waals surface area (Å²) >= 11 is 0.958. The molecule has 2 aliphatic rings. The minimum absolute atomic E-state index is 0.0274. The third-order valence-electron chi connectivity index (χ3n) is 6.88. The zero-order chi connectivity index (χ0) is 27.3. The largest absolute Gasteiger partial charge is 0.493 e. The number of Topliss-reactive ketones (excluding diaryl/α,β-unsaturated/α-hetero) is 2. The Bertz CT molecular complexity index is 1230. The van der Waals surface area contributed by atoms with Crippen LogP contribution in [0.15, 0.2) is 40.9 Å². The SMILES string of the molecule is COc1cc(C2C3=C(CC(C)(C)CC3=O)NC(O)(C(F)(F)F)C2C(=O)c2cccs2)cc(OC)c1OC. The van der Waals surface area contributed by atoms with Gasteiger partial charge < -0.3 is 24.6 Å². The second-order valence-electron chi connectivity index (χ2n) is 9.98. The van der Waals surface area contributed by atoms with Gasteiger partial charge in [0.1, 0.15) is 0 Å². The first-order valence-electron chi connectivity index (χ1n) is 11.5. The number of methoxy groups -OCH3 is 3. The van der Waals surface area contributed by atoms with Crippen LogP contribution in [0.4, 0.5) is 13.2 Å². The van der Waals surface area contributed by atoms with Gasteiger partial charge in [0.15, 0.2) is 23.1 Å². The second-order valence-corrected chi connectivity index (χ2v) is 10.9. The Morgan fingerprint density at radius 2 is 1.73 bits per heavy atom. The molecule has 2 aromatic rings. The maximum absolute atomic E-state index is 14.7. The number of benzene rings is 1. The molecule has 1 aliphatic heterocycles. The summed E-state index contributed by atoms with van der Waals surface area (Å²) < 4.78 is 60.2. The summed E-state index contributed by atoms with van der Waals surface area (Å²) in [5, 5.41) is 15.1. The number of carbonyl (C=O) groups excluding carboxylic acids is 2. The van der Waals surface area contributed by atoms with Gasteiger partial charge in [-0.15, -0.1) is 11.3 Å². The number of aliphatic hydroxyl groups is 1. The predicted octanol–water partition coefficient (Wildman–Crippen LogP) is 4.85. The van der Waals surface area contributed by atoms with Gasteiger partial charge in [0.25, 0.3) is 0 Å². The number of nitrogens with one attached hydrogen (secondary N) is 1. The summed E-state index contributed by atoms with van der Waals surface area (Å²) in [5.41, 5.74) is -4.15. The van der Waals surface area contributed by atoms with Gasteiger partial charge in [-0.3, -0.25) is 9.59 Å². The highest BCUT2D eigenvalue weighted by Gasteiger charge is 2.67. The van der Waals surface area contributed by atoms with Crippen molar-refractivity contribution in [2.75, 3.05) is 21.3 Å². The summed E-state index contributed by atoms with van der Waals surface area (Å²) in [6.45, 7) is 3.53. The highest BCUT2D eigenvalue weighted by atomic mass is 32.1. The molecule has 0 amide bonds. The van der Waals surface area contributed by atoms with Crippen molar-refractivity contribution in [3.63, 3.8) is 0 Å². The van der Waals surface area contributed by atoms with Crippen molar-refractivity contribution >= 4 is 22.9 Å². The van der Waals surface area contributed by atoms with Crippen LogP contribution in [0.2, 0.25) is 0 Å². The van der Waals surface area contributed by atoms with Crippen molar-refractivity contribution in [3.05, 3.63) is 51.4 Å². The fraction of sp³-hybridized carbons (Fsp3) is 0.462. The number of alkyl halides is 3. The summed E-state index contributed by atoms with van der Waals surface area (Å²) in [6, 6.07) is 5.76. The molecule has 0 radical (unpaired) electrons. The first kappa shape index (κ1) is 27.0. The van der Waals surface area contributed by atoms with Crippen molar-refractivity contribution in [2.24, 2.45) is 11.3 Å². The van der Waals surface area contributed by atoms with E-state index in [1.165, 1.54) is 45.6 Å². The third-order valence-corrected chi connectivity index (χ3v) is 7.77. The van der Waals surface area contributed by atoms with Crippen LogP contribution in [0.25, 0.3) is 0 Å². The maximum atomic E-state index is 14.7. The van der Waals surface area contributed by atoms with E-state index in [2.05, 4.69) is 5.32 Å². The van der Waals surface area contributed by atoms with Crippen LogP contribution in [0.5, 0.6) is 17.2 Å². The molecule has 200 valence electrons. The van der Waals surface area contributed by atoms with Gasteiger partial charge >= 0.3 is 6.18 Å². The van der Waals surface area contributed by atoms with Crippen molar-refractivity contribution < 1.29 is 42.1 Å². The highest BCUT2D eigenvalue weighted by molar-refractivity contribution is 7.12. The fourth-order valence-corrected chi connectivity index (χ4v) is 6.03. The number of rotatable bonds is 6. The quantitative estimate of drug-likeness (QED) is 0.507. The molecule has 2 N–H and O–H groups in total. The number of allylic oxidation sites excluding steroid dienone is 2. The van der Waals surface area contributed by atoms with Crippen LogP contribution in [0, 0.1) is 11.3 Å². The van der Waals surface area contributed by atoms with E-state index in [1.54, 1.807) is 19.2 Å². The van der Waals surface area contributed by atoms with Crippen LogP contribution in [0.3, 0.4) is 0 Å². The fourth-order valence-electron chi connectivity index (χ4n) is 5.32. The van der Waals surface area contributed by atoms with Crippen molar-refractivity contribution in [2.45, 2.75) is 44.5 Å². The van der Waals surface area contributed by atoms with Crippen LogP contribution in [-0.2, 0) is 4.79 Å². The van der Waals surface area contributed by atoms with Gasteiger partial charge in [0.05, 0.1) is 32.1 Å². The van der Waals surface area contributed by atoms with E-state index in [4.69, 9.17) is 14.2 Å². The Morgan fingerprint density at radius 3 is 2.22 bits per heavy atom. The molecule has 1 aliphatic carbocycles. The summed E-state index contributed by atoms with van der Waals surface area (Å²) in [6.07, 6.45) is -5.11. The van der Waals surface area contributed by atoms with E-state index in [-0.39, 0.29) is 51.8 Å². The molecule has 0 spiro atoms. The molecule has 0 bridgehead atoms. The van der Waals surface area contributed by atoms with Crippen LogP contribution >= 0.6 is 11.3 Å². The number of carbonyl (C=O) groups is 2. The van der Waals surface area contributed by atoms with Crippen LogP contribution in [0.1, 0.15) is 47.8 Å². The van der Waals surface area contributed by atoms with Crippen molar-refractivity contribution in [1.29, 1.82) is 0 Å². The lowest BCUT2D eigenvalue weighted by atomic mass is 9.63. The number of ketones is 2. The molecule has 11 heteroatoms. The van der Waals surface area contributed by atoms with E-state index in [0.717, 1.165) is 11.3 Å². The number of hydrogen-bond donors (Lipinski definition) is 2. The molecular formula is C26H28F3NO6S. The normalized spacial score (nSPS) is 25.3. The number of ether oxygens (including phenoxy) is 3. The molecule has 0 fully saturated rings. The summed E-state index contributed by atoms with van der Waals surface area (Å²) in [5.74, 6) is -4.43. The van der Waals surface area contributed by atoms with Crippen LogP contribution < -0.4 is 19.5 Å². The van der Waals surface area contributed by atoms with E-state index >= 15 is 0 Å². The smallest absolute Gasteiger partial charge is 0.437 e. The van der Waals surface area contributed by atoms with E-state index in [0.29, 0.717) is 0 Å². The van der Waals surface area contributed by atoms with E-state index < -0.39 is 40.7 Å². The molecule has 1 aromatic heterocycles. The Morgan fingerprint density at radius 1 is 1.11 bits per heavy atom. The van der Waals surface area contributed by atoms with Gasteiger partial charge in [-0.2, -0.15) is 13.2 Å². The molecule has 4 rings (SSSR count). The van der Waals surface area contributed by atoms with Crippen molar-refractivity contribution in [3.8, 4) is 17.2 Å². The molecule has 0 saturated carbocycles. The summed E-state index contributed by atoms with van der Waals surface area (Å²) in [7, 11) is 4.08. The first-order valence-corrected chi connectivity index (χ1v) is 12.4. The lowest BCUT2D eigenvalue weighted by Gasteiger charge is -2.49. The molecule has 2 heterocycles. The standard InChI is InChI=1S/C26H28F3NO6S/c1-24(2)11-14-20(15(31)12-24)19(13-9-16(34-3)23(36-5)17(10-13)35-4)21(22(32)18-7-6-8-37-18)25(33,30-14)26(27,28)29/h6-10,19,21,30,33H,11-12H2,1-5H3. The zero-order valence-corrected chi connectivity index (χ0v) is 21.8. The van der Waals surface area contributed by atoms with Crippen LogP contribution in [-0.4, -0.2) is 49.9 Å². The lowest BCUT2D eigenvalue weighted by Crippen LogP contribution is -2.67. The highest BCUT2D eigenvalue weighted by Crippen LogP contribution is 2.55. The van der Waals surface area contributed by atoms with Gasteiger partial charge in [-0.05, 0) is 41.0 Å². The average molecular weight is 540 g/mol. The van der Waals surface area contributed by atoms with Crippen molar-refractivity contribution in [1.82, 2.24) is 5.32 Å². The molecule has 37 heavy (non-hydrogen) atoms. The minimum Gasteiger partial charge on any atom is -0.493 e. The van der Waals surface area contributed by atoms with E-state index in [9.17, 15) is 27.9 Å². The zero-order valence-electron chi connectivity index (χ0n) is 21.0. The average Bonchev–Trinajstić information content (AvgIpc) is 3.35. The maximum Gasteiger partial charge on any atom is 0.437 e. The Balaban J connectivity index is 2.07. The minimum atomic E-state index is -5.26. The molecule has 3 atom stereocenters. The monoisotopic (exact) mass is 539 g/mol. The summed E-state index contributed by atoms with van der Waals surface area (Å²) in [4.78, 5) is 27.3. The van der Waals surface area contributed by atoms with Gasteiger partial charge in [0, 0.05) is 23.6 Å². The van der Waals surface area contributed by atoms with Gasteiger partial charge in [-0.1, -0.05) is 19.9 Å². The van der Waals surface area contributed by atoms with Gasteiger partial charge in [-0.25, -0.2) is 0 Å².